The summed E-state index contributed by atoms with van der Waals surface area (Å²) in [4.78, 5) is 12.5. The van der Waals surface area contributed by atoms with Gasteiger partial charge in [0.2, 0.25) is 0 Å². The van der Waals surface area contributed by atoms with Crippen LogP contribution in [0, 0.1) is 0 Å². The first-order chi connectivity index (χ1) is 11.7. The minimum atomic E-state index is -0.141. The average Bonchev–Trinajstić information content (AvgIpc) is 2.62. The molecule has 3 heteroatoms. The Bertz CT molecular complexity index is 899. The normalized spacial score (nSPS) is 10.4. The number of benzene rings is 3. The van der Waals surface area contributed by atoms with Crippen LogP contribution in [0.4, 0.5) is 5.69 Å². The number of ether oxygens (including phenoxy) is 1. The van der Waals surface area contributed by atoms with Crippen molar-refractivity contribution in [2.75, 3.05) is 12.4 Å². The third-order valence-electron chi connectivity index (χ3n) is 3.91. The predicted octanol–water partition coefficient (Wildman–Crippen LogP) is 4.83. The van der Waals surface area contributed by atoms with E-state index in [1.54, 1.807) is 19.3 Å². The highest BCUT2D eigenvalue weighted by Gasteiger charge is 2.10. The molecule has 0 saturated heterocycles. The number of carbonyl (C=O) groups excluding carboxylic acids is 1. The van der Waals surface area contributed by atoms with E-state index in [-0.39, 0.29) is 5.91 Å². The molecule has 0 aromatic heterocycles. The van der Waals surface area contributed by atoms with Gasteiger partial charge in [-0.25, -0.2) is 0 Å². The molecule has 1 N–H and O–H groups in total. The van der Waals surface area contributed by atoms with Crippen LogP contribution >= 0.6 is 0 Å². The number of allylic oxidation sites excluding steroid dienone is 1. The first-order valence-corrected chi connectivity index (χ1v) is 7.79. The summed E-state index contributed by atoms with van der Waals surface area (Å²) in [5.41, 5.74) is 2.32. The van der Waals surface area contributed by atoms with Crippen molar-refractivity contribution < 1.29 is 9.53 Å². The maximum atomic E-state index is 12.5. The van der Waals surface area contributed by atoms with Crippen LogP contribution in [0.25, 0.3) is 10.8 Å². The average molecular weight is 317 g/mol. The van der Waals surface area contributed by atoms with Crippen LogP contribution in [0.1, 0.15) is 15.9 Å². The molecule has 0 atom stereocenters. The quantitative estimate of drug-likeness (QED) is 0.685. The van der Waals surface area contributed by atoms with Crippen LogP contribution in [0.3, 0.4) is 0 Å². The van der Waals surface area contributed by atoms with E-state index >= 15 is 0 Å². The van der Waals surface area contributed by atoms with E-state index in [0.29, 0.717) is 12.0 Å². The molecule has 0 fully saturated rings. The molecule has 3 aromatic rings. The standard InChI is InChI=1S/C21H19NO2/c1-3-6-17-13-18(10-12-20(17)24-2)21(23)22-19-11-9-15-7-4-5-8-16(15)14-19/h3-5,7-14H,1,6H2,2H3,(H,22,23). The SMILES string of the molecule is C=CCc1cc(C(=O)Nc2ccc3ccccc3c2)ccc1OC. The molecule has 120 valence electrons. The molecular formula is C21H19NO2. The van der Waals surface area contributed by atoms with Gasteiger partial charge in [0.05, 0.1) is 7.11 Å². The summed E-state index contributed by atoms with van der Waals surface area (Å²) >= 11 is 0. The van der Waals surface area contributed by atoms with Gasteiger partial charge in [-0.2, -0.15) is 0 Å². The second-order valence-corrected chi connectivity index (χ2v) is 5.54. The topological polar surface area (TPSA) is 38.3 Å². The number of amides is 1. The number of anilines is 1. The lowest BCUT2D eigenvalue weighted by molar-refractivity contribution is 0.102. The van der Waals surface area contributed by atoms with E-state index in [4.69, 9.17) is 4.74 Å². The molecule has 3 rings (SSSR count). The summed E-state index contributed by atoms with van der Waals surface area (Å²) in [5.74, 6) is 0.621. The molecule has 24 heavy (non-hydrogen) atoms. The van der Waals surface area contributed by atoms with Gasteiger partial charge in [-0.1, -0.05) is 36.4 Å². The van der Waals surface area contributed by atoms with Crippen LogP contribution in [0.2, 0.25) is 0 Å². The molecule has 0 radical (unpaired) electrons. The van der Waals surface area contributed by atoms with Crippen molar-refractivity contribution in [1.29, 1.82) is 0 Å². The molecule has 0 heterocycles. The van der Waals surface area contributed by atoms with Crippen molar-refractivity contribution in [3.8, 4) is 5.75 Å². The minimum Gasteiger partial charge on any atom is -0.496 e. The molecule has 3 aromatic carbocycles. The molecule has 0 aliphatic heterocycles. The van der Waals surface area contributed by atoms with Gasteiger partial charge in [-0.05, 0) is 53.1 Å². The Hall–Kier alpha value is -3.07. The van der Waals surface area contributed by atoms with Gasteiger partial charge in [0.1, 0.15) is 5.75 Å². The third kappa shape index (κ3) is 3.30. The zero-order valence-corrected chi connectivity index (χ0v) is 13.6. The van der Waals surface area contributed by atoms with Crippen molar-refractivity contribution in [2.24, 2.45) is 0 Å². The lowest BCUT2D eigenvalue weighted by Gasteiger charge is -2.10. The Balaban J connectivity index is 1.85. The zero-order chi connectivity index (χ0) is 16.9. The Morgan fingerprint density at radius 1 is 1.08 bits per heavy atom. The van der Waals surface area contributed by atoms with Crippen LogP contribution in [-0.2, 0) is 6.42 Å². The summed E-state index contributed by atoms with van der Waals surface area (Å²) in [5, 5.41) is 5.19. The van der Waals surface area contributed by atoms with Gasteiger partial charge in [0.25, 0.3) is 5.91 Å². The van der Waals surface area contributed by atoms with Crippen LogP contribution in [0.15, 0.2) is 73.3 Å². The number of rotatable bonds is 5. The summed E-state index contributed by atoms with van der Waals surface area (Å²) in [6.07, 6.45) is 2.45. The van der Waals surface area contributed by atoms with Gasteiger partial charge in [-0.15, -0.1) is 6.58 Å². The van der Waals surface area contributed by atoms with Gasteiger partial charge >= 0.3 is 0 Å². The number of fused-ring (bicyclic) bond motifs is 1. The molecule has 0 spiro atoms. The van der Waals surface area contributed by atoms with Gasteiger partial charge in [0.15, 0.2) is 0 Å². The van der Waals surface area contributed by atoms with Crippen LogP contribution < -0.4 is 10.1 Å². The first kappa shape index (κ1) is 15.8. The monoisotopic (exact) mass is 317 g/mol. The highest BCUT2D eigenvalue weighted by Crippen LogP contribution is 2.23. The molecule has 1 amide bonds. The van der Waals surface area contributed by atoms with E-state index in [1.165, 1.54) is 0 Å². The fraction of sp³-hybridized carbons (Fsp3) is 0.0952. The summed E-state index contributed by atoms with van der Waals surface area (Å²) in [6.45, 7) is 3.75. The summed E-state index contributed by atoms with van der Waals surface area (Å²) in [7, 11) is 1.62. The fourth-order valence-electron chi connectivity index (χ4n) is 2.71. The van der Waals surface area contributed by atoms with E-state index in [1.807, 2.05) is 54.6 Å². The van der Waals surface area contributed by atoms with E-state index in [9.17, 15) is 4.79 Å². The Labute approximate surface area is 141 Å². The van der Waals surface area contributed by atoms with Crippen molar-refractivity contribution in [2.45, 2.75) is 6.42 Å². The van der Waals surface area contributed by atoms with Gasteiger partial charge in [0, 0.05) is 11.3 Å². The van der Waals surface area contributed by atoms with Crippen molar-refractivity contribution in [3.05, 3.63) is 84.4 Å². The van der Waals surface area contributed by atoms with E-state index in [2.05, 4.69) is 11.9 Å². The highest BCUT2D eigenvalue weighted by molar-refractivity contribution is 6.05. The number of hydrogen-bond donors (Lipinski definition) is 1. The maximum absolute atomic E-state index is 12.5. The van der Waals surface area contributed by atoms with E-state index < -0.39 is 0 Å². The Morgan fingerprint density at radius 2 is 1.88 bits per heavy atom. The highest BCUT2D eigenvalue weighted by atomic mass is 16.5. The summed E-state index contributed by atoms with van der Waals surface area (Å²) < 4.78 is 5.32. The molecule has 0 aliphatic carbocycles. The second kappa shape index (κ2) is 7.01. The lowest BCUT2D eigenvalue weighted by Crippen LogP contribution is -2.12. The van der Waals surface area contributed by atoms with Gasteiger partial charge in [-0.3, -0.25) is 4.79 Å². The Kier molecular flexibility index (Phi) is 4.62. The van der Waals surface area contributed by atoms with Crippen LogP contribution in [0.5, 0.6) is 5.75 Å². The number of hydrogen-bond acceptors (Lipinski definition) is 2. The molecule has 0 unspecified atom stereocenters. The zero-order valence-electron chi connectivity index (χ0n) is 13.6. The number of methoxy groups -OCH3 is 1. The van der Waals surface area contributed by atoms with E-state index in [0.717, 1.165) is 27.8 Å². The Morgan fingerprint density at radius 3 is 2.62 bits per heavy atom. The smallest absolute Gasteiger partial charge is 0.255 e. The molecule has 3 nitrogen and oxygen atoms in total. The molecule has 0 aliphatic rings. The summed E-state index contributed by atoms with van der Waals surface area (Å²) in [6, 6.07) is 19.4. The molecule has 0 bridgehead atoms. The lowest BCUT2D eigenvalue weighted by atomic mass is 10.1. The second-order valence-electron chi connectivity index (χ2n) is 5.54. The molecule has 0 saturated carbocycles. The van der Waals surface area contributed by atoms with Crippen molar-refractivity contribution in [1.82, 2.24) is 0 Å². The maximum Gasteiger partial charge on any atom is 0.255 e. The molecular weight excluding hydrogens is 298 g/mol. The van der Waals surface area contributed by atoms with Crippen molar-refractivity contribution >= 4 is 22.4 Å². The minimum absolute atomic E-state index is 0.141. The van der Waals surface area contributed by atoms with Gasteiger partial charge < -0.3 is 10.1 Å². The van der Waals surface area contributed by atoms with Crippen LogP contribution in [-0.4, -0.2) is 13.0 Å². The fourth-order valence-corrected chi connectivity index (χ4v) is 2.71. The number of carbonyl (C=O) groups is 1. The number of nitrogens with one attached hydrogen (secondary N) is 1. The third-order valence-corrected chi connectivity index (χ3v) is 3.91. The largest absolute Gasteiger partial charge is 0.496 e. The predicted molar refractivity (Wildman–Crippen MR) is 98.8 cm³/mol. The first-order valence-electron chi connectivity index (χ1n) is 7.79. The van der Waals surface area contributed by atoms with Crippen molar-refractivity contribution in [3.63, 3.8) is 0 Å².